The molecule has 0 saturated carbocycles. The summed E-state index contributed by atoms with van der Waals surface area (Å²) in [5, 5.41) is 13.4. The van der Waals surface area contributed by atoms with Gasteiger partial charge in [0.05, 0.1) is 6.54 Å². The molecule has 0 atom stereocenters. The number of rotatable bonds is 5. The Labute approximate surface area is 151 Å². The van der Waals surface area contributed by atoms with E-state index in [1.54, 1.807) is 35.6 Å². The van der Waals surface area contributed by atoms with Crippen molar-refractivity contribution in [1.82, 2.24) is 15.1 Å². The van der Waals surface area contributed by atoms with Gasteiger partial charge in [-0.1, -0.05) is 0 Å². The number of nitrogens with one attached hydrogen (secondary N) is 1. The molecule has 132 valence electrons. The molecule has 2 aromatic rings. The van der Waals surface area contributed by atoms with Gasteiger partial charge in [0, 0.05) is 17.2 Å². The summed E-state index contributed by atoms with van der Waals surface area (Å²) in [7, 11) is 0. The molecular formula is C18H22N4O2S. The van der Waals surface area contributed by atoms with E-state index in [2.05, 4.69) is 20.4 Å². The molecule has 1 aromatic carbocycles. The number of amides is 1. The van der Waals surface area contributed by atoms with E-state index in [9.17, 15) is 9.59 Å². The zero-order chi connectivity index (χ0) is 17.8. The molecule has 1 fully saturated rings. The molecule has 1 aliphatic rings. The van der Waals surface area contributed by atoms with Crippen molar-refractivity contribution < 1.29 is 9.59 Å². The molecule has 0 aliphatic carbocycles. The lowest BCUT2D eigenvalue weighted by atomic mass is 9.98. The number of carbonyl (C=O) groups is 2. The monoisotopic (exact) mass is 358 g/mol. The Morgan fingerprint density at radius 1 is 1.20 bits per heavy atom. The molecule has 1 saturated heterocycles. The highest BCUT2D eigenvalue weighted by Gasteiger charge is 2.24. The van der Waals surface area contributed by atoms with Crippen molar-refractivity contribution in [3.63, 3.8) is 0 Å². The van der Waals surface area contributed by atoms with Crippen molar-refractivity contribution in [2.24, 2.45) is 0 Å². The zero-order valence-corrected chi connectivity index (χ0v) is 15.3. The van der Waals surface area contributed by atoms with Gasteiger partial charge < -0.3 is 5.32 Å². The molecule has 0 spiro atoms. The minimum atomic E-state index is -0.0271. The van der Waals surface area contributed by atoms with Crippen LogP contribution in [0.4, 0.5) is 5.69 Å². The maximum atomic E-state index is 12.2. The molecule has 0 unspecified atom stereocenters. The smallest absolute Gasteiger partial charge is 0.238 e. The lowest BCUT2D eigenvalue weighted by Crippen LogP contribution is -2.38. The maximum absolute atomic E-state index is 12.2. The molecule has 1 amide bonds. The second-order valence-corrected chi connectivity index (χ2v) is 7.60. The number of aromatic nitrogens is 2. The zero-order valence-electron chi connectivity index (χ0n) is 14.5. The summed E-state index contributed by atoms with van der Waals surface area (Å²) >= 11 is 1.67. The van der Waals surface area contributed by atoms with Gasteiger partial charge in [0.15, 0.2) is 5.78 Å². The van der Waals surface area contributed by atoms with E-state index >= 15 is 0 Å². The number of piperidine rings is 1. The third-order valence-electron chi connectivity index (χ3n) is 4.42. The van der Waals surface area contributed by atoms with Gasteiger partial charge in [-0.15, -0.1) is 21.5 Å². The molecule has 0 radical (unpaired) electrons. The largest absolute Gasteiger partial charge is 0.325 e. The van der Waals surface area contributed by atoms with Crippen molar-refractivity contribution in [3.8, 4) is 0 Å². The second kappa shape index (κ2) is 7.84. The summed E-state index contributed by atoms with van der Waals surface area (Å²) in [6.45, 7) is 5.67. The molecular weight excluding hydrogens is 336 g/mol. The van der Waals surface area contributed by atoms with E-state index in [1.165, 1.54) is 6.92 Å². The summed E-state index contributed by atoms with van der Waals surface area (Å²) in [4.78, 5) is 25.7. The first-order valence-electron chi connectivity index (χ1n) is 8.44. The van der Waals surface area contributed by atoms with Crippen LogP contribution in [0.5, 0.6) is 0 Å². The predicted molar refractivity (Wildman–Crippen MR) is 98.1 cm³/mol. The van der Waals surface area contributed by atoms with E-state index in [-0.39, 0.29) is 11.7 Å². The van der Waals surface area contributed by atoms with Crippen LogP contribution >= 0.6 is 11.3 Å². The number of Topliss-reactive ketones (excluding diaryl/α,β-unsaturated/α-hetero) is 1. The quantitative estimate of drug-likeness (QED) is 0.832. The van der Waals surface area contributed by atoms with E-state index in [1.807, 2.05) is 6.92 Å². The van der Waals surface area contributed by atoms with Crippen LogP contribution < -0.4 is 5.32 Å². The van der Waals surface area contributed by atoms with Crippen LogP contribution in [0.25, 0.3) is 0 Å². The van der Waals surface area contributed by atoms with Gasteiger partial charge >= 0.3 is 0 Å². The third kappa shape index (κ3) is 4.70. The van der Waals surface area contributed by atoms with Crippen LogP contribution in [0, 0.1) is 6.92 Å². The van der Waals surface area contributed by atoms with Crippen LogP contribution in [0.3, 0.4) is 0 Å². The number of ketones is 1. The SMILES string of the molecule is CC(=O)c1ccc(NC(=O)CN2CCC(c3nnc(C)s3)CC2)cc1. The summed E-state index contributed by atoms with van der Waals surface area (Å²) in [5.74, 6) is 0.455. The van der Waals surface area contributed by atoms with Crippen LogP contribution in [0.15, 0.2) is 24.3 Å². The average molecular weight is 358 g/mol. The standard InChI is InChI=1S/C18H22N4O2S/c1-12(23)14-3-5-16(6-4-14)19-17(24)11-22-9-7-15(8-10-22)18-21-20-13(2)25-18/h3-6,15H,7-11H2,1-2H3,(H,19,24). The third-order valence-corrected chi connectivity index (χ3v) is 5.42. The molecule has 7 heteroatoms. The number of aryl methyl sites for hydroxylation is 1. The molecule has 6 nitrogen and oxygen atoms in total. The van der Waals surface area contributed by atoms with E-state index < -0.39 is 0 Å². The highest BCUT2D eigenvalue weighted by atomic mass is 32.1. The van der Waals surface area contributed by atoms with Crippen LogP contribution in [-0.2, 0) is 4.79 Å². The Balaban J connectivity index is 1.46. The minimum Gasteiger partial charge on any atom is -0.325 e. The van der Waals surface area contributed by atoms with Crippen molar-refractivity contribution in [2.45, 2.75) is 32.6 Å². The number of nitrogens with zero attached hydrogens (tertiary/aromatic N) is 3. The molecule has 25 heavy (non-hydrogen) atoms. The molecule has 0 bridgehead atoms. The molecule has 1 aromatic heterocycles. The molecule has 1 aliphatic heterocycles. The fraction of sp³-hybridized carbons (Fsp3) is 0.444. The number of likely N-dealkylation sites (tertiary alicyclic amines) is 1. The summed E-state index contributed by atoms with van der Waals surface area (Å²) < 4.78 is 0. The summed E-state index contributed by atoms with van der Waals surface area (Å²) in [5.41, 5.74) is 1.36. The first kappa shape index (κ1) is 17.7. The number of benzene rings is 1. The number of hydrogen-bond acceptors (Lipinski definition) is 6. The Hall–Kier alpha value is -2.12. The highest BCUT2D eigenvalue weighted by Crippen LogP contribution is 2.29. The summed E-state index contributed by atoms with van der Waals surface area (Å²) in [6, 6.07) is 6.98. The first-order valence-corrected chi connectivity index (χ1v) is 9.26. The maximum Gasteiger partial charge on any atom is 0.238 e. The second-order valence-electron chi connectivity index (χ2n) is 6.39. The van der Waals surface area contributed by atoms with Crippen molar-refractivity contribution in [2.75, 3.05) is 25.0 Å². The van der Waals surface area contributed by atoms with Gasteiger partial charge in [-0.2, -0.15) is 0 Å². The van der Waals surface area contributed by atoms with Gasteiger partial charge in [-0.05, 0) is 64.0 Å². The lowest BCUT2D eigenvalue weighted by molar-refractivity contribution is -0.117. The fourth-order valence-electron chi connectivity index (χ4n) is 3.01. The predicted octanol–water partition coefficient (Wildman–Crippen LogP) is 2.87. The van der Waals surface area contributed by atoms with Gasteiger partial charge in [0.25, 0.3) is 0 Å². The number of carbonyl (C=O) groups excluding carboxylic acids is 2. The Bertz CT molecular complexity index is 749. The Morgan fingerprint density at radius 3 is 2.44 bits per heavy atom. The Kier molecular flexibility index (Phi) is 5.55. The number of anilines is 1. The molecule has 2 heterocycles. The van der Waals surface area contributed by atoms with Gasteiger partial charge in [0.2, 0.25) is 5.91 Å². The summed E-state index contributed by atoms with van der Waals surface area (Å²) in [6.07, 6.45) is 2.02. The topological polar surface area (TPSA) is 75.2 Å². The minimum absolute atomic E-state index is 0.0198. The van der Waals surface area contributed by atoms with Crippen LogP contribution in [0.1, 0.15) is 46.1 Å². The molecule has 3 rings (SSSR count). The molecule has 1 N–H and O–H groups in total. The first-order chi connectivity index (χ1) is 12.0. The van der Waals surface area contributed by atoms with Crippen molar-refractivity contribution in [1.29, 1.82) is 0 Å². The van der Waals surface area contributed by atoms with E-state index in [0.29, 0.717) is 23.7 Å². The highest BCUT2D eigenvalue weighted by molar-refractivity contribution is 7.11. The van der Waals surface area contributed by atoms with E-state index in [4.69, 9.17) is 0 Å². The van der Waals surface area contributed by atoms with Crippen molar-refractivity contribution >= 4 is 28.7 Å². The van der Waals surface area contributed by atoms with Crippen molar-refractivity contribution in [3.05, 3.63) is 39.8 Å². The van der Waals surface area contributed by atoms with Gasteiger partial charge in [0.1, 0.15) is 10.0 Å². The van der Waals surface area contributed by atoms with E-state index in [0.717, 1.165) is 35.9 Å². The van der Waals surface area contributed by atoms with Gasteiger partial charge in [-0.3, -0.25) is 14.5 Å². The normalized spacial score (nSPS) is 15.9. The van der Waals surface area contributed by atoms with Crippen LogP contribution in [0.2, 0.25) is 0 Å². The van der Waals surface area contributed by atoms with Gasteiger partial charge in [-0.25, -0.2) is 0 Å². The average Bonchev–Trinajstić information content (AvgIpc) is 3.02. The lowest BCUT2D eigenvalue weighted by Gasteiger charge is -2.30. The van der Waals surface area contributed by atoms with Crippen LogP contribution in [-0.4, -0.2) is 46.4 Å². The number of hydrogen-bond donors (Lipinski definition) is 1. The Morgan fingerprint density at radius 2 is 1.88 bits per heavy atom. The fourth-order valence-corrected chi connectivity index (χ4v) is 3.88.